The summed E-state index contributed by atoms with van der Waals surface area (Å²) < 4.78 is 0. The molecule has 0 radical (unpaired) electrons. The summed E-state index contributed by atoms with van der Waals surface area (Å²) in [7, 11) is 0. The van der Waals surface area contributed by atoms with Crippen LogP contribution in [0.3, 0.4) is 0 Å². The van der Waals surface area contributed by atoms with Crippen molar-refractivity contribution in [2.45, 2.75) is 19.9 Å². The Labute approximate surface area is 94.3 Å². The first-order valence-corrected chi connectivity index (χ1v) is 5.20. The average molecular weight is 224 g/mol. The lowest BCUT2D eigenvalue weighted by molar-refractivity contribution is -0.385. The van der Waals surface area contributed by atoms with Gasteiger partial charge < -0.3 is 10.4 Å². The van der Waals surface area contributed by atoms with Gasteiger partial charge in [-0.05, 0) is 31.5 Å². The smallest absolute Gasteiger partial charge is 0.272 e. The van der Waals surface area contributed by atoms with Crippen LogP contribution in [0.2, 0.25) is 0 Å². The zero-order valence-electron chi connectivity index (χ0n) is 9.27. The van der Waals surface area contributed by atoms with Crippen LogP contribution < -0.4 is 5.32 Å². The maximum Gasteiger partial charge on any atom is 0.272 e. The van der Waals surface area contributed by atoms with Crippen molar-refractivity contribution in [3.05, 3.63) is 39.4 Å². The van der Waals surface area contributed by atoms with Gasteiger partial charge >= 0.3 is 0 Å². The third-order valence-electron chi connectivity index (χ3n) is 2.30. The van der Waals surface area contributed by atoms with Crippen molar-refractivity contribution in [1.82, 2.24) is 5.32 Å². The van der Waals surface area contributed by atoms with Crippen molar-refractivity contribution >= 4 is 5.69 Å². The Bertz CT molecular complexity index is 366. The van der Waals surface area contributed by atoms with Crippen LogP contribution in [-0.4, -0.2) is 23.2 Å². The van der Waals surface area contributed by atoms with E-state index < -0.39 is 0 Å². The van der Waals surface area contributed by atoms with Gasteiger partial charge in [0.15, 0.2) is 0 Å². The van der Waals surface area contributed by atoms with Crippen molar-refractivity contribution in [2.75, 3.05) is 13.2 Å². The Hall–Kier alpha value is -1.46. The number of benzene rings is 1. The summed E-state index contributed by atoms with van der Waals surface area (Å²) in [4.78, 5) is 10.2. The molecule has 1 aromatic rings. The number of rotatable bonds is 6. The monoisotopic (exact) mass is 224 g/mol. The van der Waals surface area contributed by atoms with E-state index in [1.807, 2.05) is 6.07 Å². The number of nitro groups is 1. The number of aliphatic hydroxyl groups excluding tert-OH is 1. The van der Waals surface area contributed by atoms with E-state index in [2.05, 4.69) is 5.32 Å². The maximum atomic E-state index is 10.6. The first kappa shape index (κ1) is 12.6. The summed E-state index contributed by atoms with van der Waals surface area (Å²) >= 11 is 0. The summed E-state index contributed by atoms with van der Waals surface area (Å²) in [5.74, 6) is 0. The van der Waals surface area contributed by atoms with Crippen molar-refractivity contribution in [3.8, 4) is 0 Å². The molecule has 0 spiro atoms. The topological polar surface area (TPSA) is 75.4 Å². The minimum Gasteiger partial charge on any atom is -0.396 e. The molecule has 0 atom stereocenters. The van der Waals surface area contributed by atoms with Crippen LogP contribution in [0, 0.1) is 17.0 Å². The normalized spacial score (nSPS) is 10.4. The van der Waals surface area contributed by atoms with Gasteiger partial charge in [-0.15, -0.1) is 0 Å². The Morgan fingerprint density at radius 3 is 2.81 bits per heavy atom. The highest BCUT2D eigenvalue weighted by atomic mass is 16.6. The van der Waals surface area contributed by atoms with E-state index in [1.165, 1.54) is 6.07 Å². The largest absolute Gasteiger partial charge is 0.396 e. The van der Waals surface area contributed by atoms with Gasteiger partial charge in [-0.1, -0.05) is 6.07 Å². The van der Waals surface area contributed by atoms with Gasteiger partial charge in [-0.3, -0.25) is 10.1 Å². The molecule has 0 amide bonds. The van der Waals surface area contributed by atoms with Crippen LogP contribution in [0.5, 0.6) is 0 Å². The van der Waals surface area contributed by atoms with E-state index in [1.54, 1.807) is 13.0 Å². The predicted molar refractivity (Wildman–Crippen MR) is 61.2 cm³/mol. The second-order valence-electron chi connectivity index (χ2n) is 3.63. The maximum absolute atomic E-state index is 10.6. The zero-order chi connectivity index (χ0) is 12.0. The quantitative estimate of drug-likeness (QED) is 0.435. The third kappa shape index (κ3) is 3.60. The molecule has 1 aromatic carbocycles. The fourth-order valence-corrected chi connectivity index (χ4v) is 1.47. The van der Waals surface area contributed by atoms with E-state index in [0.29, 0.717) is 18.5 Å². The third-order valence-corrected chi connectivity index (χ3v) is 2.30. The SMILES string of the molecule is Cc1cc(CNCCCO)ccc1[N+](=O)[O-]. The lowest BCUT2D eigenvalue weighted by Gasteiger charge is -2.05. The summed E-state index contributed by atoms with van der Waals surface area (Å²) in [5.41, 5.74) is 1.84. The Morgan fingerprint density at radius 2 is 2.25 bits per heavy atom. The molecule has 0 saturated carbocycles. The molecule has 0 bridgehead atoms. The Kier molecular flexibility index (Phi) is 4.88. The molecule has 0 aliphatic carbocycles. The average Bonchev–Trinajstić information content (AvgIpc) is 2.24. The van der Waals surface area contributed by atoms with Crippen LogP contribution in [0.1, 0.15) is 17.5 Å². The van der Waals surface area contributed by atoms with Crippen molar-refractivity contribution in [2.24, 2.45) is 0 Å². The molecule has 0 aromatic heterocycles. The molecule has 1 rings (SSSR count). The van der Waals surface area contributed by atoms with Crippen LogP contribution in [0.15, 0.2) is 18.2 Å². The number of hydrogen-bond acceptors (Lipinski definition) is 4. The molecule has 0 heterocycles. The Balaban J connectivity index is 2.56. The van der Waals surface area contributed by atoms with E-state index in [-0.39, 0.29) is 17.2 Å². The number of nitro benzene ring substituents is 1. The van der Waals surface area contributed by atoms with Crippen LogP contribution in [0.4, 0.5) is 5.69 Å². The van der Waals surface area contributed by atoms with Gasteiger partial charge in [0.25, 0.3) is 5.69 Å². The van der Waals surface area contributed by atoms with Gasteiger partial charge in [0.2, 0.25) is 0 Å². The number of hydrogen-bond donors (Lipinski definition) is 2. The molecule has 0 aliphatic rings. The van der Waals surface area contributed by atoms with E-state index >= 15 is 0 Å². The molecule has 16 heavy (non-hydrogen) atoms. The van der Waals surface area contributed by atoms with Crippen molar-refractivity contribution in [1.29, 1.82) is 0 Å². The summed E-state index contributed by atoms with van der Waals surface area (Å²) in [6.45, 7) is 3.31. The molecule has 2 N–H and O–H groups in total. The first-order chi connectivity index (χ1) is 7.65. The van der Waals surface area contributed by atoms with E-state index in [4.69, 9.17) is 5.11 Å². The highest BCUT2D eigenvalue weighted by molar-refractivity contribution is 5.41. The second kappa shape index (κ2) is 6.19. The lowest BCUT2D eigenvalue weighted by atomic mass is 10.1. The van der Waals surface area contributed by atoms with Gasteiger partial charge in [0, 0.05) is 24.8 Å². The highest BCUT2D eigenvalue weighted by Gasteiger charge is 2.09. The van der Waals surface area contributed by atoms with Gasteiger partial charge in [-0.25, -0.2) is 0 Å². The molecule has 0 fully saturated rings. The number of nitrogens with zero attached hydrogens (tertiary/aromatic N) is 1. The Morgan fingerprint density at radius 1 is 1.50 bits per heavy atom. The number of nitrogens with one attached hydrogen (secondary N) is 1. The summed E-state index contributed by atoms with van der Waals surface area (Å²) in [6.07, 6.45) is 0.714. The molecule has 5 heteroatoms. The molecule has 0 aliphatic heterocycles. The van der Waals surface area contributed by atoms with E-state index in [9.17, 15) is 10.1 Å². The fourth-order valence-electron chi connectivity index (χ4n) is 1.47. The molecular formula is C11H16N2O3. The fraction of sp³-hybridized carbons (Fsp3) is 0.455. The molecule has 0 unspecified atom stereocenters. The predicted octanol–water partition coefficient (Wildman–Crippen LogP) is 1.38. The lowest BCUT2D eigenvalue weighted by Crippen LogP contribution is -2.15. The highest BCUT2D eigenvalue weighted by Crippen LogP contribution is 2.18. The number of aryl methyl sites for hydroxylation is 1. The van der Waals surface area contributed by atoms with Crippen LogP contribution in [-0.2, 0) is 6.54 Å². The first-order valence-electron chi connectivity index (χ1n) is 5.20. The molecule has 0 saturated heterocycles. The minimum atomic E-state index is -0.377. The molecular weight excluding hydrogens is 208 g/mol. The molecule has 88 valence electrons. The second-order valence-corrected chi connectivity index (χ2v) is 3.63. The van der Waals surface area contributed by atoms with Crippen molar-refractivity contribution < 1.29 is 10.0 Å². The van der Waals surface area contributed by atoms with Gasteiger partial charge in [0.05, 0.1) is 4.92 Å². The van der Waals surface area contributed by atoms with Gasteiger partial charge in [-0.2, -0.15) is 0 Å². The standard InChI is InChI=1S/C11H16N2O3/c1-9-7-10(8-12-5-2-6-14)3-4-11(9)13(15)16/h3-4,7,12,14H,2,5-6,8H2,1H3. The van der Waals surface area contributed by atoms with Crippen molar-refractivity contribution in [3.63, 3.8) is 0 Å². The van der Waals surface area contributed by atoms with Crippen LogP contribution in [0.25, 0.3) is 0 Å². The number of aliphatic hydroxyl groups is 1. The molecule has 5 nitrogen and oxygen atoms in total. The van der Waals surface area contributed by atoms with E-state index in [0.717, 1.165) is 12.1 Å². The van der Waals surface area contributed by atoms with Gasteiger partial charge in [0.1, 0.15) is 0 Å². The van der Waals surface area contributed by atoms with Crippen LogP contribution >= 0.6 is 0 Å². The summed E-state index contributed by atoms with van der Waals surface area (Å²) in [6, 6.07) is 5.08. The summed E-state index contributed by atoms with van der Waals surface area (Å²) in [5, 5.41) is 22.3. The minimum absolute atomic E-state index is 0.152. The zero-order valence-corrected chi connectivity index (χ0v) is 9.27.